The molecule has 0 saturated carbocycles. The van der Waals surface area contributed by atoms with Gasteiger partial charge in [0.1, 0.15) is 0 Å². The molecule has 0 atom stereocenters. The number of benzene rings is 1. The predicted octanol–water partition coefficient (Wildman–Crippen LogP) is 2.25. The lowest BCUT2D eigenvalue weighted by Crippen LogP contribution is -2.04. The van der Waals surface area contributed by atoms with Crippen molar-refractivity contribution in [2.24, 2.45) is 0 Å². The fourth-order valence-electron chi connectivity index (χ4n) is 1.46. The summed E-state index contributed by atoms with van der Waals surface area (Å²) in [5, 5.41) is 9.69. The molecular weight excluding hydrogens is 212 g/mol. The lowest BCUT2D eigenvalue weighted by atomic mass is 10.2. The lowest BCUT2D eigenvalue weighted by molar-refractivity contribution is 1.14. The van der Waals surface area contributed by atoms with Gasteiger partial charge >= 0.3 is 0 Å². The number of fused-ring (bicyclic) bond motifs is 1. The molecule has 0 aliphatic heterocycles. The number of hydrogen-bond acceptors (Lipinski definition) is 2. The molecule has 1 heterocycles. The van der Waals surface area contributed by atoms with Crippen LogP contribution in [-0.4, -0.2) is 4.98 Å². The van der Waals surface area contributed by atoms with E-state index in [1.807, 2.05) is 6.07 Å². The van der Waals surface area contributed by atoms with Crippen LogP contribution < -0.4 is 5.43 Å². The van der Waals surface area contributed by atoms with Crippen LogP contribution in [0.1, 0.15) is 5.69 Å². The van der Waals surface area contributed by atoms with Crippen LogP contribution in [-0.2, 0) is 6.42 Å². The molecule has 1 N–H and O–H groups in total. The second kappa shape index (κ2) is 3.76. The van der Waals surface area contributed by atoms with Gasteiger partial charge in [-0.2, -0.15) is 5.26 Å². The highest BCUT2D eigenvalue weighted by atomic mass is 35.5. The molecule has 0 unspecified atom stereocenters. The van der Waals surface area contributed by atoms with Crippen molar-refractivity contribution in [3.05, 3.63) is 45.2 Å². The van der Waals surface area contributed by atoms with Gasteiger partial charge in [0.2, 0.25) is 0 Å². The maximum atomic E-state index is 11.6. The number of hydrogen-bond donors (Lipinski definition) is 1. The number of nitrogens with zero attached hydrogens (tertiary/aromatic N) is 1. The van der Waals surface area contributed by atoms with Crippen molar-refractivity contribution in [1.82, 2.24) is 4.98 Å². The van der Waals surface area contributed by atoms with Crippen LogP contribution in [0, 0.1) is 11.3 Å². The first kappa shape index (κ1) is 9.75. The molecule has 2 aromatic rings. The van der Waals surface area contributed by atoms with Crippen molar-refractivity contribution in [3.63, 3.8) is 0 Å². The Balaban J connectivity index is 2.75. The number of H-pyrrole nitrogens is 1. The van der Waals surface area contributed by atoms with E-state index in [-0.39, 0.29) is 11.8 Å². The summed E-state index contributed by atoms with van der Waals surface area (Å²) >= 11 is 5.81. The molecule has 0 saturated heterocycles. The van der Waals surface area contributed by atoms with Crippen molar-refractivity contribution < 1.29 is 0 Å². The molecule has 4 heteroatoms. The summed E-state index contributed by atoms with van der Waals surface area (Å²) in [6.45, 7) is 0. The van der Waals surface area contributed by atoms with Crippen LogP contribution in [0.4, 0.5) is 0 Å². The van der Waals surface area contributed by atoms with Gasteiger partial charge in [0.15, 0.2) is 5.43 Å². The first-order valence-corrected chi connectivity index (χ1v) is 4.77. The summed E-state index contributed by atoms with van der Waals surface area (Å²) in [7, 11) is 0. The topological polar surface area (TPSA) is 56.6 Å². The zero-order valence-electron chi connectivity index (χ0n) is 7.75. The van der Waals surface area contributed by atoms with E-state index >= 15 is 0 Å². The van der Waals surface area contributed by atoms with E-state index in [0.29, 0.717) is 21.6 Å². The van der Waals surface area contributed by atoms with Crippen molar-refractivity contribution in [2.45, 2.75) is 6.42 Å². The van der Waals surface area contributed by atoms with E-state index in [9.17, 15) is 4.79 Å². The minimum absolute atomic E-state index is 0.0920. The quantitative estimate of drug-likeness (QED) is 0.798. The Morgan fingerprint density at radius 2 is 2.20 bits per heavy atom. The Morgan fingerprint density at radius 1 is 1.40 bits per heavy atom. The molecule has 1 aromatic carbocycles. The summed E-state index contributed by atoms with van der Waals surface area (Å²) in [5.41, 5.74) is 1.18. The van der Waals surface area contributed by atoms with Crippen molar-refractivity contribution in [3.8, 4) is 6.07 Å². The molecule has 0 aliphatic rings. The van der Waals surface area contributed by atoms with Gasteiger partial charge in [0, 0.05) is 22.2 Å². The van der Waals surface area contributed by atoms with Crippen molar-refractivity contribution >= 4 is 22.5 Å². The number of pyridine rings is 1. The summed E-state index contributed by atoms with van der Waals surface area (Å²) in [6.07, 6.45) is 0.192. The van der Waals surface area contributed by atoms with E-state index < -0.39 is 0 Å². The lowest BCUT2D eigenvalue weighted by Gasteiger charge is -2.01. The van der Waals surface area contributed by atoms with Gasteiger partial charge in [0.05, 0.1) is 18.0 Å². The molecule has 0 radical (unpaired) electrons. The molecule has 0 amide bonds. The van der Waals surface area contributed by atoms with Gasteiger partial charge in [-0.1, -0.05) is 11.6 Å². The van der Waals surface area contributed by atoms with E-state index in [2.05, 4.69) is 4.98 Å². The molecule has 2 rings (SSSR count). The van der Waals surface area contributed by atoms with Crippen molar-refractivity contribution in [2.75, 3.05) is 0 Å². The highest BCUT2D eigenvalue weighted by Gasteiger charge is 2.02. The Labute approximate surface area is 90.9 Å². The standard InChI is InChI=1S/C11H7ClN2O/c12-7-1-2-9-10(5-7)14-8(3-4-13)6-11(9)15/h1-2,5-6H,3H2,(H,14,15). The molecule has 74 valence electrons. The molecular formula is C11H7ClN2O. The van der Waals surface area contributed by atoms with Crippen molar-refractivity contribution in [1.29, 1.82) is 5.26 Å². The molecule has 0 fully saturated rings. The third-order valence-electron chi connectivity index (χ3n) is 2.12. The fourth-order valence-corrected chi connectivity index (χ4v) is 1.63. The highest BCUT2D eigenvalue weighted by Crippen LogP contribution is 2.15. The number of aromatic nitrogens is 1. The van der Waals surface area contributed by atoms with Crippen LogP contribution in [0.2, 0.25) is 5.02 Å². The largest absolute Gasteiger partial charge is 0.357 e. The summed E-state index contributed by atoms with van der Waals surface area (Å²) in [5.74, 6) is 0. The highest BCUT2D eigenvalue weighted by molar-refractivity contribution is 6.31. The van der Waals surface area contributed by atoms with E-state index in [1.54, 1.807) is 18.2 Å². The Kier molecular flexibility index (Phi) is 2.44. The maximum absolute atomic E-state index is 11.6. The van der Waals surface area contributed by atoms with Crippen LogP contribution in [0.5, 0.6) is 0 Å². The first-order valence-electron chi connectivity index (χ1n) is 4.39. The van der Waals surface area contributed by atoms with Crippen LogP contribution in [0.15, 0.2) is 29.1 Å². The second-order valence-electron chi connectivity index (χ2n) is 3.18. The number of halogens is 1. The fraction of sp³-hybridized carbons (Fsp3) is 0.0909. The predicted molar refractivity (Wildman–Crippen MR) is 58.9 cm³/mol. The first-order chi connectivity index (χ1) is 7.20. The zero-order chi connectivity index (χ0) is 10.8. The van der Waals surface area contributed by atoms with Gasteiger partial charge in [-0.15, -0.1) is 0 Å². The third-order valence-corrected chi connectivity index (χ3v) is 2.35. The minimum atomic E-state index is -0.0920. The van der Waals surface area contributed by atoms with E-state index in [1.165, 1.54) is 6.07 Å². The third kappa shape index (κ3) is 1.85. The summed E-state index contributed by atoms with van der Waals surface area (Å²) in [4.78, 5) is 14.6. The van der Waals surface area contributed by atoms with Crippen LogP contribution in [0.3, 0.4) is 0 Å². The Hall–Kier alpha value is -1.79. The average molecular weight is 219 g/mol. The minimum Gasteiger partial charge on any atom is -0.357 e. The molecule has 3 nitrogen and oxygen atoms in total. The number of nitrogens with one attached hydrogen (secondary N) is 1. The zero-order valence-corrected chi connectivity index (χ0v) is 8.51. The normalized spacial score (nSPS) is 10.1. The smallest absolute Gasteiger partial charge is 0.189 e. The maximum Gasteiger partial charge on any atom is 0.189 e. The van der Waals surface area contributed by atoms with Gasteiger partial charge < -0.3 is 4.98 Å². The van der Waals surface area contributed by atoms with Gasteiger partial charge in [-0.3, -0.25) is 4.79 Å². The molecule has 1 aromatic heterocycles. The Bertz CT molecular complexity index is 610. The number of rotatable bonds is 1. The molecule has 15 heavy (non-hydrogen) atoms. The Morgan fingerprint density at radius 3 is 2.93 bits per heavy atom. The van der Waals surface area contributed by atoms with Crippen LogP contribution in [0.25, 0.3) is 10.9 Å². The molecule has 0 aliphatic carbocycles. The van der Waals surface area contributed by atoms with Crippen LogP contribution >= 0.6 is 11.6 Å². The number of nitriles is 1. The summed E-state index contributed by atoms with van der Waals surface area (Å²) in [6, 6.07) is 8.45. The van der Waals surface area contributed by atoms with Gasteiger partial charge in [0.25, 0.3) is 0 Å². The second-order valence-corrected chi connectivity index (χ2v) is 3.62. The molecule has 0 spiro atoms. The monoisotopic (exact) mass is 218 g/mol. The van der Waals surface area contributed by atoms with E-state index in [4.69, 9.17) is 16.9 Å². The van der Waals surface area contributed by atoms with Gasteiger partial charge in [-0.25, -0.2) is 0 Å². The summed E-state index contributed by atoms with van der Waals surface area (Å²) < 4.78 is 0. The van der Waals surface area contributed by atoms with E-state index in [0.717, 1.165) is 0 Å². The average Bonchev–Trinajstić information content (AvgIpc) is 2.17. The molecule has 0 bridgehead atoms. The SMILES string of the molecule is N#CCc1cc(=O)c2ccc(Cl)cc2[nH]1. The van der Waals surface area contributed by atoms with Gasteiger partial charge in [-0.05, 0) is 18.2 Å². The number of aromatic amines is 1.